The van der Waals surface area contributed by atoms with Crippen molar-refractivity contribution in [3.05, 3.63) is 58.6 Å². The van der Waals surface area contributed by atoms with Gasteiger partial charge >= 0.3 is 0 Å². The van der Waals surface area contributed by atoms with Crippen LogP contribution in [0.25, 0.3) is 0 Å². The Hall–Kier alpha value is -1.33. The van der Waals surface area contributed by atoms with E-state index in [1.807, 2.05) is 37.3 Å². The maximum atomic E-state index is 12.9. The zero-order valence-corrected chi connectivity index (χ0v) is 13.4. The molecule has 5 heteroatoms. The summed E-state index contributed by atoms with van der Waals surface area (Å²) in [5.41, 5.74) is 1.87. The van der Waals surface area contributed by atoms with Crippen molar-refractivity contribution in [2.75, 3.05) is 4.31 Å². The van der Waals surface area contributed by atoms with Crippen LogP contribution in [0.15, 0.2) is 57.9 Å². The third-order valence-corrected chi connectivity index (χ3v) is 5.91. The first-order valence-electron chi connectivity index (χ1n) is 6.38. The lowest BCUT2D eigenvalue weighted by Gasteiger charge is -2.24. The van der Waals surface area contributed by atoms with Gasteiger partial charge in [0.05, 0.1) is 10.6 Å². The molecular weight excluding hydrogens is 338 g/mol. The van der Waals surface area contributed by atoms with Gasteiger partial charge in [-0.05, 0) is 43.2 Å². The average Bonchev–Trinajstić information content (AvgIpc) is 2.75. The Balaban J connectivity index is 2.13. The molecule has 0 N–H and O–H groups in total. The minimum Gasteiger partial charge on any atom is -0.263 e. The highest BCUT2D eigenvalue weighted by molar-refractivity contribution is 9.10. The Bertz CT molecular complexity index is 758. The predicted octanol–water partition coefficient (Wildman–Crippen LogP) is 3.59. The molecule has 104 valence electrons. The van der Waals surface area contributed by atoms with Gasteiger partial charge in [0.25, 0.3) is 10.0 Å². The monoisotopic (exact) mass is 351 g/mol. The minimum atomic E-state index is -3.52. The highest BCUT2D eigenvalue weighted by Crippen LogP contribution is 2.36. The fourth-order valence-electron chi connectivity index (χ4n) is 2.64. The molecule has 1 heterocycles. The van der Waals surface area contributed by atoms with Gasteiger partial charge in [-0.2, -0.15) is 0 Å². The molecule has 3 rings (SSSR count). The molecule has 0 spiro atoms. The summed E-state index contributed by atoms with van der Waals surface area (Å²) in [5, 5.41) is 0. The van der Waals surface area contributed by atoms with Gasteiger partial charge in [0.15, 0.2) is 0 Å². The largest absolute Gasteiger partial charge is 0.264 e. The van der Waals surface area contributed by atoms with Crippen LogP contribution in [-0.2, 0) is 16.4 Å². The molecule has 2 aromatic rings. The highest BCUT2D eigenvalue weighted by atomic mass is 79.9. The highest BCUT2D eigenvalue weighted by Gasteiger charge is 2.35. The van der Waals surface area contributed by atoms with Crippen molar-refractivity contribution in [2.45, 2.75) is 24.3 Å². The number of rotatable bonds is 2. The first-order valence-corrected chi connectivity index (χ1v) is 8.61. The van der Waals surface area contributed by atoms with E-state index in [9.17, 15) is 8.42 Å². The van der Waals surface area contributed by atoms with Crippen LogP contribution in [0.3, 0.4) is 0 Å². The number of nitrogens with zero attached hydrogens (tertiary/aromatic N) is 1. The van der Waals surface area contributed by atoms with E-state index >= 15 is 0 Å². The second-order valence-electron chi connectivity index (χ2n) is 4.94. The number of sulfonamides is 1. The van der Waals surface area contributed by atoms with E-state index < -0.39 is 10.0 Å². The van der Waals surface area contributed by atoms with Crippen molar-refractivity contribution >= 4 is 31.6 Å². The Kier molecular flexibility index (Phi) is 3.34. The van der Waals surface area contributed by atoms with Crippen molar-refractivity contribution in [3.8, 4) is 0 Å². The van der Waals surface area contributed by atoms with E-state index in [1.54, 1.807) is 18.2 Å². The fraction of sp³-hybridized carbons (Fsp3) is 0.200. The Labute approximate surface area is 127 Å². The van der Waals surface area contributed by atoms with E-state index in [-0.39, 0.29) is 6.04 Å². The molecule has 0 saturated carbocycles. The third kappa shape index (κ3) is 2.15. The van der Waals surface area contributed by atoms with Crippen LogP contribution in [0.5, 0.6) is 0 Å². The van der Waals surface area contributed by atoms with Crippen molar-refractivity contribution in [3.63, 3.8) is 0 Å². The molecule has 0 saturated heterocycles. The Morgan fingerprint density at radius 3 is 2.65 bits per heavy atom. The maximum Gasteiger partial charge on any atom is 0.264 e. The summed E-state index contributed by atoms with van der Waals surface area (Å²) in [4.78, 5) is 0.315. The molecular formula is C15H14BrNO2S. The molecule has 3 nitrogen and oxygen atoms in total. The third-order valence-electron chi connectivity index (χ3n) is 3.50. The lowest BCUT2D eigenvalue weighted by atomic mass is 10.1. The van der Waals surface area contributed by atoms with Crippen LogP contribution >= 0.6 is 15.9 Å². The number of hydrogen-bond donors (Lipinski definition) is 0. The quantitative estimate of drug-likeness (QED) is 0.828. The summed E-state index contributed by atoms with van der Waals surface area (Å²) in [6, 6.07) is 14.5. The van der Waals surface area contributed by atoms with Gasteiger partial charge in [0, 0.05) is 10.5 Å². The van der Waals surface area contributed by atoms with Crippen LogP contribution in [0.1, 0.15) is 12.5 Å². The van der Waals surface area contributed by atoms with E-state index in [2.05, 4.69) is 15.9 Å². The summed E-state index contributed by atoms with van der Waals surface area (Å²) < 4.78 is 28.0. The normalized spacial score (nSPS) is 18.1. The van der Waals surface area contributed by atoms with Crippen LogP contribution in [-0.4, -0.2) is 14.5 Å². The number of hydrogen-bond acceptors (Lipinski definition) is 2. The predicted molar refractivity (Wildman–Crippen MR) is 83.4 cm³/mol. The van der Waals surface area contributed by atoms with E-state index in [1.165, 1.54) is 4.31 Å². The van der Waals surface area contributed by atoms with Crippen molar-refractivity contribution in [1.82, 2.24) is 0 Å². The molecule has 2 aromatic carbocycles. The van der Waals surface area contributed by atoms with Crippen LogP contribution < -0.4 is 4.31 Å². The maximum absolute atomic E-state index is 12.9. The molecule has 0 bridgehead atoms. The van der Waals surface area contributed by atoms with E-state index in [0.29, 0.717) is 4.90 Å². The number of halogens is 1. The summed E-state index contributed by atoms with van der Waals surface area (Å²) in [6.45, 7) is 1.94. The first kappa shape index (κ1) is 13.6. The molecule has 0 unspecified atom stereocenters. The molecule has 1 atom stereocenters. The summed E-state index contributed by atoms with van der Waals surface area (Å²) in [5.74, 6) is 0. The van der Waals surface area contributed by atoms with E-state index in [0.717, 1.165) is 22.1 Å². The van der Waals surface area contributed by atoms with Gasteiger partial charge in [0.1, 0.15) is 0 Å². The molecule has 0 aromatic heterocycles. The van der Waals surface area contributed by atoms with Crippen LogP contribution in [0.2, 0.25) is 0 Å². The number of fused-ring (bicyclic) bond motifs is 1. The molecule has 0 aliphatic carbocycles. The summed E-state index contributed by atoms with van der Waals surface area (Å²) in [6.07, 6.45) is 0.753. The summed E-state index contributed by atoms with van der Waals surface area (Å²) >= 11 is 3.33. The minimum absolute atomic E-state index is 0.0589. The Morgan fingerprint density at radius 2 is 1.90 bits per heavy atom. The SMILES string of the molecule is C[C@@H]1Cc2ccccc2N1S(=O)(=O)c1cccc(Br)c1. The molecule has 1 aliphatic rings. The molecule has 0 radical (unpaired) electrons. The molecule has 0 fully saturated rings. The van der Waals surface area contributed by atoms with Gasteiger partial charge in [-0.25, -0.2) is 8.42 Å². The molecule has 1 aliphatic heterocycles. The number of benzene rings is 2. The van der Waals surface area contributed by atoms with Gasteiger partial charge in [-0.1, -0.05) is 40.2 Å². The smallest absolute Gasteiger partial charge is 0.263 e. The zero-order valence-electron chi connectivity index (χ0n) is 11.0. The van der Waals surface area contributed by atoms with Gasteiger partial charge < -0.3 is 0 Å². The van der Waals surface area contributed by atoms with Gasteiger partial charge in [0.2, 0.25) is 0 Å². The number of para-hydroxylation sites is 1. The van der Waals surface area contributed by atoms with Crippen LogP contribution in [0, 0.1) is 0 Å². The second-order valence-corrected chi connectivity index (χ2v) is 7.67. The topological polar surface area (TPSA) is 37.4 Å². The van der Waals surface area contributed by atoms with Crippen molar-refractivity contribution in [1.29, 1.82) is 0 Å². The fourth-order valence-corrected chi connectivity index (χ4v) is 4.93. The van der Waals surface area contributed by atoms with Crippen molar-refractivity contribution in [2.24, 2.45) is 0 Å². The average molecular weight is 352 g/mol. The van der Waals surface area contributed by atoms with E-state index in [4.69, 9.17) is 0 Å². The zero-order chi connectivity index (χ0) is 14.3. The lowest BCUT2D eigenvalue weighted by Crippen LogP contribution is -2.35. The second kappa shape index (κ2) is 4.90. The lowest BCUT2D eigenvalue weighted by molar-refractivity contribution is 0.584. The van der Waals surface area contributed by atoms with Gasteiger partial charge in [-0.3, -0.25) is 4.31 Å². The van der Waals surface area contributed by atoms with Crippen LogP contribution in [0.4, 0.5) is 5.69 Å². The summed E-state index contributed by atoms with van der Waals surface area (Å²) in [7, 11) is -3.52. The molecule has 0 amide bonds. The Morgan fingerprint density at radius 1 is 1.15 bits per heavy atom. The standard InChI is InChI=1S/C15H14BrNO2S/c1-11-9-12-5-2-3-8-15(12)17(11)20(18,19)14-7-4-6-13(16)10-14/h2-8,10-11H,9H2,1H3/t11-/m1/s1. The van der Waals surface area contributed by atoms with Crippen molar-refractivity contribution < 1.29 is 8.42 Å². The number of anilines is 1. The molecule has 20 heavy (non-hydrogen) atoms. The van der Waals surface area contributed by atoms with Gasteiger partial charge in [-0.15, -0.1) is 0 Å². The first-order chi connectivity index (χ1) is 9.50.